The normalized spacial score (nSPS) is 11.3. The van der Waals surface area contributed by atoms with Gasteiger partial charge in [-0.05, 0) is 38.1 Å². The first-order valence-electron chi connectivity index (χ1n) is 7.08. The van der Waals surface area contributed by atoms with Gasteiger partial charge in [-0.25, -0.2) is 4.39 Å². The van der Waals surface area contributed by atoms with Gasteiger partial charge in [-0.3, -0.25) is 14.8 Å². The van der Waals surface area contributed by atoms with Gasteiger partial charge in [0.2, 0.25) is 0 Å². The largest absolute Gasteiger partial charge is 0.381 e. The number of nitrogens with two attached hydrogens (primary N) is 1. The van der Waals surface area contributed by atoms with Crippen LogP contribution in [0.1, 0.15) is 24.2 Å². The van der Waals surface area contributed by atoms with Crippen molar-refractivity contribution in [1.82, 2.24) is 0 Å². The van der Waals surface area contributed by atoms with Crippen molar-refractivity contribution in [2.45, 2.75) is 24.3 Å². The minimum absolute atomic E-state index is 0.0471. The molecule has 0 atom stereocenters. The second kappa shape index (κ2) is 7.80. The van der Waals surface area contributed by atoms with E-state index in [1.54, 1.807) is 0 Å². The molecule has 0 aliphatic heterocycles. The fraction of sp³-hybridized carbons (Fsp3) is 0.200. The van der Waals surface area contributed by atoms with Crippen LogP contribution in [-0.2, 0) is 4.79 Å². The molecule has 26 heavy (non-hydrogen) atoms. The molecule has 0 spiro atoms. The molecule has 11 heteroatoms. The van der Waals surface area contributed by atoms with Crippen molar-refractivity contribution < 1.29 is 24.3 Å². The van der Waals surface area contributed by atoms with E-state index in [4.69, 9.17) is 17.3 Å². The van der Waals surface area contributed by atoms with Gasteiger partial charge in [0.05, 0.1) is 10.5 Å². The van der Waals surface area contributed by atoms with Gasteiger partial charge in [-0.2, -0.15) is 4.47 Å². The molecular formula is C15H15ClFN3O4S2. The number of amides is 2. The van der Waals surface area contributed by atoms with E-state index < -0.39 is 23.2 Å². The van der Waals surface area contributed by atoms with E-state index in [-0.39, 0.29) is 25.5 Å². The molecule has 5 N–H and O–H groups in total. The molecule has 0 saturated heterocycles. The van der Waals surface area contributed by atoms with Gasteiger partial charge in [-0.1, -0.05) is 22.9 Å². The lowest BCUT2D eigenvalue weighted by Crippen LogP contribution is -2.36. The monoisotopic (exact) mass is 419 g/mol. The number of nitrogens with zero attached hydrogens (tertiary/aromatic N) is 1. The number of hydrogen-bond donors (Lipinski definition) is 4. The number of hydrogen-bond acceptors (Lipinski definition) is 7. The third-order valence-electron chi connectivity index (χ3n) is 3.03. The number of rotatable bonds is 6. The minimum Gasteiger partial charge on any atom is -0.381 e. The molecule has 2 aromatic rings. The highest BCUT2D eigenvalue weighted by Crippen LogP contribution is 2.39. The summed E-state index contributed by atoms with van der Waals surface area (Å²) in [6.07, 6.45) is 0. The molecule has 0 unspecified atom stereocenters. The second-order valence-electron chi connectivity index (χ2n) is 5.64. The molecule has 1 heterocycles. The SMILES string of the molecule is CC(C)(O)C(=O)Nc1sc(N(O)Sc2cc(Cl)ccc2F)cc1C(N)=O. The summed E-state index contributed by atoms with van der Waals surface area (Å²) in [5.74, 6) is -2.20. The Morgan fingerprint density at radius 1 is 1.38 bits per heavy atom. The molecule has 140 valence electrons. The van der Waals surface area contributed by atoms with Gasteiger partial charge < -0.3 is 16.2 Å². The van der Waals surface area contributed by atoms with Gasteiger partial charge in [0.1, 0.15) is 21.4 Å². The summed E-state index contributed by atoms with van der Waals surface area (Å²) in [4.78, 5) is 23.5. The van der Waals surface area contributed by atoms with Crippen LogP contribution in [0.25, 0.3) is 0 Å². The fourth-order valence-electron chi connectivity index (χ4n) is 1.69. The Morgan fingerprint density at radius 2 is 2.04 bits per heavy atom. The van der Waals surface area contributed by atoms with Crippen LogP contribution in [0.15, 0.2) is 29.2 Å². The maximum atomic E-state index is 13.8. The smallest absolute Gasteiger partial charge is 0.256 e. The Hall–Kier alpha value is -1.85. The summed E-state index contributed by atoms with van der Waals surface area (Å²) in [6, 6.07) is 5.08. The summed E-state index contributed by atoms with van der Waals surface area (Å²) < 4.78 is 14.4. The third-order valence-corrected chi connectivity index (χ3v) is 5.29. The highest BCUT2D eigenvalue weighted by Gasteiger charge is 2.27. The Kier molecular flexibility index (Phi) is 6.14. The number of carbonyl (C=O) groups excluding carboxylic acids is 2. The average molecular weight is 420 g/mol. The number of anilines is 2. The molecule has 0 fully saturated rings. The van der Waals surface area contributed by atoms with Crippen LogP contribution in [0.5, 0.6) is 0 Å². The lowest BCUT2D eigenvalue weighted by molar-refractivity contribution is -0.130. The summed E-state index contributed by atoms with van der Waals surface area (Å²) in [5, 5.41) is 22.7. The van der Waals surface area contributed by atoms with Crippen LogP contribution in [-0.4, -0.2) is 27.7 Å². The zero-order valence-corrected chi connectivity index (χ0v) is 16.0. The topological polar surface area (TPSA) is 116 Å². The molecule has 0 aliphatic rings. The van der Waals surface area contributed by atoms with E-state index in [1.807, 2.05) is 0 Å². The number of nitrogens with one attached hydrogen (secondary N) is 1. The lowest BCUT2D eigenvalue weighted by atomic mass is 10.1. The molecule has 1 aromatic heterocycles. The Labute approximate surface area is 161 Å². The predicted octanol–water partition coefficient (Wildman–Crippen LogP) is 3.25. The van der Waals surface area contributed by atoms with Crippen molar-refractivity contribution in [1.29, 1.82) is 0 Å². The summed E-state index contributed by atoms with van der Waals surface area (Å²) in [7, 11) is 0. The zero-order chi connectivity index (χ0) is 19.6. The highest BCUT2D eigenvalue weighted by atomic mass is 35.5. The summed E-state index contributed by atoms with van der Waals surface area (Å²) in [6.45, 7) is 2.55. The van der Waals surface area contributed by atoms with Crippen molar-refractivity contribution in [3.05, 3.63) is 40.7 Å². The van der Waals surface area contributed by atoms with Crippen LogP contribution in [0.4, 0.5) is 14.4 Å². The molecule has 0 saturated carbocycles. The Balaban J connectivity index is 2.29. The van der Waals surface area contributed by atoms with Crippen LogP contribution in [0, 0.1) is 5.82 Å². The summed E-state index contributed by atoms with van der Waals surface area (Å²) >= 11 is 7.25. The number of benzene rings is 1. The van der Waals surface area contributed by atoms with Gasteiger partial charge in [0, 0.05) is 17.0 Å². The molecular weight excluding hydrogens is 405 g/mol. The predicted molar refractivity (Wildman–Crippen MR) is 99.3 cm³/mol. The molecule has 0 aliphatic carbocycles. The molecule has 0 radical (unpaired) electrons. The zero-order valence-electron chi connectivity index (χ0n) is 13.6. The van der Waals surface area contributed by atoms with E-state index in [1.165, 1.54) is 32.0 Å². The summed E-state index contributed by atoms with van der Waals surface area (Å²) in [5.41, 5.74) is 3.53. The molecule has 0 bridgehead atoms. The molecule has 1 aromatic carbocycles. The van der Waals surface area contributed by atoms with Crippen LogP contribution in [0.3, 0.4) is 0 Å². The lowest BCUT2D eigenvalue weighted by Gasteiger charge is -2.16. The van der Waals surface area contributed by atoms with Crippen molar-refractivity contribution in [3.8, 4) is 0 Å². The first-order chi connectivity index (χ1) is 12.0. The van der Waals surface area contributed by atoms with Crippen molar-refractivity contribution in [2.75, 3.05) is 9.79 Å². The van der Waals surface area contributed by atoms with Crippen molar-refractivity contribution in [2.24, 2.45) is 5.73 Å². The van der Waals surface area contributed by atoms with E-state index in [2.05, 4.69) is 5.32 Å². The quantitative estimate of drug-likeness (QED) is 0.422. The van der Waals surface area contributed by atoms with Gasteiger partial charge in [-0.15, -0.1) is 0 Å². The van der Waals surface area contributed by atoms with Crippen LogP contribution < -0.4 is 15.5 Å². The van der Waals surface area contributed by atoms with Gasteiger partial charge in [0.15, 0.2) is 0 Å². The van der Waals surface area contributed by atoms with Gasteiger partial charge >= 0.3 is 0 Å². The van der Waals surface area contributed by atoms with Crippen molar-refractivity contribution >= 4 is 56.7 Å². The van der Waals surface area contributed by atoms with E-state index in [0.29, 0.717) is 16.4 Å². The molecule has 7 nitrogen and oxygen atoms in total. The van der Waals surface area contributed by atoms with Crippen LogP contribution in [0.2, 0.25) is 5.02 Å². The molecule has 2 amide bonds. The third kappa shape index (κ3) is 4.86. The first kappa shape index (κ1) is 20.5. The Morgan fingerprint density at radius 3 is 2.62 bits per heavy atom. The number of aliphatic hydroxyl groups is 1. The van der Waals surface area contributed by atoms with Crippen molar-refractivity contribution in [3.63, 3.8) is 0 Å². The Bertz CT molecular complexity index is 854. The average Bonchev–Trinajstić information content (AvgIpc) is 2.94. The van der Waals surface area contributed by atoms with Crippen LogP contribution >= 0.6 is 34.9 Å². The fourth-order valence-corrected chi connectivity index (χ4v) is 3.69. The number of halogens is 2. The molecule has 2 rings (SSSR count). The maximum Gasteiger partial charge on any atom is 0.256 e. The number of thiophene rings is 1. The van der Waals surface area contributed by atoms with Gasteiger partial charge in [0.25, 0.3) is 11.8 Å². The van der Waals surface area contributed by atoms with E-state index in [0.717, 1.165) is 17.4 Å². The highest BCUT2D eigenvalue weighted by molar-refractivity contribution is 8.00. The maximum absolute atomic E-state index is 13.8. The minimum atomic E-state index is -1.68. The number of primary amides is 1. The first-order valence-corrected chi connectivity index (χ1v) is 9.05. The number of carbonyl (C=O) groups is 2. The standard InChI is InChI=1S/C15H15ClFN3O4S2/c1-15(2,23)14(22)19-13-8(12(18)21)6-11(25-13)20(24)26-10-5-7(16)3-4-9(10)17/h3-6,23-24H,1-2H3,(H2,18,21)(H,19,22). The second-order valence-corrected chi connectivity index (χ2v) is 8.08. The van der Waals surface area contributed by atoms with E-state index in [9.17, 15) is 24.3 Å². The van der Waals surface area contributed by atoms with E-state index >= 15 is 0 Å².